The minimum atomic E-state index is -2.06. The SMILES string of the molecule is CC(C)C[C@H](NC(=O)[C@H](Cc1ccc(O)cc1)NC(=O)c1cccnc1)C(=O)N[C@@H](CCC(N)=O)C(=O)N[C@@H](CC(N)=O)C(=O)N[C@H](C(=O)N[C@@H](Cc1ccccc1)C(=O)N[C@@H](CCCCN)C(=O)N[C@H](C(=O)N[C@@H](CO)C(=O)N[C@@H](CCCCN)C(=O)N[C@@H](CCCNC(=N)N)C(=O)N[C@@H](CCC(N)=O)C(=O)N[C@@H](CO)C(=O)N[C@@H](Cc1ccccc1)C(=O)N[C@@H](C)C(=O)N1CCC[C@H]1C(N)=O)C(C)C)[C@@H](C)O. The molecule has 20 amide bonds. The Morgan fingerprint density at radius 2 is 0.785 bits per heavy atom. The molecular formula is C94H140N26O24. The molecule has 1 aromatic heterocycles. The quantitative estimate of drug-likeness (QED) is 0.0111. The summed E-state index contributed by atoms with van der Waals surface area (Å²) < 4.78 is 0. The van der Waals surface area contributed by atoms with Crippen molar-refractivity contribution < 1.29 is 116 Å². The van der Waals surface area contributed by atoms with Crippen molar-refractivity contribution in [3.05, 3.63) is 132 Å². The van der Waals surface area contributed by atoms with E-state index in [4.69, 9.17) is 45.5 Å². The number of carbonyl (C=O) groups excluding carboxylic acids is 20. The van der Waals surface area contributed by atoms with Crippen molar-refractivity contribution in [2.45, 2.75) is 266 Å². The van der Waals surface area contributed by atoms with Crippen molar-refractivity contribution >= 4 is 124 Å². The van der Waals surface area contributed by atoms with Crippen molar-refractivity contribution in [1.29, 1.82) is 5.41 Å². The van der Waals surface area contributed by atoms with Gasteiger partial charge in [0, 0.05) is 57.6 Å². The number of nitrogens with one attached hydrogen (secondary N) is 17. The predicted octanol–water partition coefficient (Wildman–Crippen LogP) is -8.11. The molecule has 0 unspecified atom stereocenters. The van der Waals surface area contributed by atoms with Crippen LogP contribution in [-0.4, -0.2) is 297 Å². The van der Waals surface area contributed by atoms with Crippen molar-refractivity contribution in [1.82, 2.24) is 95.0 Å². The standard InChI is InChI=1S/C94H140N26O24/c1-50(2)42-64(112-87(138)66(45-56-29-31-58(124)32-30-56)111-78(129)57-24-17-39-103-47-57)85(136)110-62(33-35-72(97)125)81(132)114-68(46-74(99)127)88(139)119-76(53(6)123)92(143)115-67(44-55-22-11-8-12-23-55)86(137)107-60(26-14-16-38-96)83(134)118-75(51(3)4)91(142)117-70(49-122)89(140)108-59(25-13-15-37-95)79(130)106-61(27-18-40-104-94(101)102)80(131)109-63(34-36-73(98)126)82(133)116-69(48-121)90(141)113-65(43-54-20-9-7-10-21-54)84(135)105-52(5)93(144)120-41-19-28-71(120)77(100)128/h7-12,17,20-24,29-32,39,47,50-53,59-71,75-76,121-124H,13-16,18-19,25-28,33-38,40-46,48-49,95-96H2,1-6H3,(H2,97,125)(H2,98,126)(H2,99,127)(H2,100,128)(H,105,135)(H,106,130)(H,107,137)(H,108,140)(H,109,131)(H,110,136)(H,111,129)(H,112,138)(H,113,141)(H,114,132)(H,115,143)(H,116,133)(H,117,142)(H,118,134)(H,119,139)(H4,101,102,104)/t52-,53+,59-,60-,61-,62-,63-,64-,65-,66-,67-,68-,69-,70-,71-,75-,76-/m0/s1. The van der Waals surface area contributed by atoms with Gasteiger partial charge in [0.2, 0.25) is 112 Å². The van der Waals surface area contributed by atoms with Crippen LogP contribution >= 0.6 is 0 Å². The third kappa shape index (κ3) is 41.7. The van der Waals surface area contributed by atoms with E-state index in [0.29, 0.717) is 29.5 Å². The van der Waals surface area contributed by atoms with Gasteiger partial charge in [0.05, 0.1) is 31.3 Å². The summed E-state index contributed by atoms with van der Waals surface area (Å²) in [6.07, 6.45) is -2.45. The Labute approximate surface area is 832 Å². The van der Waals surface area contributed by atoms with Gasteiger partial charge in [-0.25, -0.2) is 0 Å². The predicted molar refractivity (Wildman–Crippen MR) is 520 cm³/mol. The van der Waals surface area contributed by atoms with Crippen molar-refractivity contribution in [2.75, 3.05) is 39.4 Å². The zero-order valence-corrected chi connectivity index (χ0v) is 81.4. The molecule has 4 aromatic rings. The van der Waals surface area contributed by atoms with Gasteiger partial charge < -0.3 is 151 Å². The van der Waals surface area contributed by atoms with E-state index in [2.05, 4.69) is 90.1 Å². The van der Waals surface area contributed by atoms with Crippen LogP contribution in [0.5, 0.6) is 5.75 Å². The highest BCUT2D eigenvalue weighted by atomic mass is 16.3. The number of nitrogens with two attached hydrogens (primary N) is 7. The van der Waals surface area contributed by atoms with Gasteiger partial charge in [0.15, 0.2) is 5.96 Å². The van der Waals surface area contributed by atoms with Crippen LogP contribution in [0.15, 0.2) is 109 Å². The topological polar surface area (TPSA) is 837 Å². The Morgan fingerprint density at radius 1 is 0.410 bits per heavy atom. The molecule has 790 valence electrons. The molecule has 1 saturated heterocycles. The first-order chi connectivity index (χ1) is 68.3. The monoisotopic (exact) mass is 2020 g/mol. The van der Waals surface area contributed by atoms with Gasteiger partial charge in [-0.2, -0.15) is 0 Å². The number of unbranched alkanes of at least 4 members (excludes halogenated alkanes) is 2. The molecule has 5 rings (SSSR count). The summed E-state index contributed by atoms with van der Waals surface area (Å²) in [5.41, 5.74) is 40.9. The zero-order valence-electron chi connectivity index (χ0n) is 81.4. The molecule has 0 bridgehead atoms. The average Bonchev–Trinajstić information content (AvgIpc) is 1.62. The van der Waals surface area contributed by atoms with E-state index >= 15 is 0 Å². The molecule has 2 heterocycles. The number of guanidine groups is 1. The lowest BCUT2D eigenvalue weighted by Crippen LogP contribution is -2.63. The molecule has 50 nitrogen and oxygen atoms in total. The molecule has 144 heavy (non-hydrogen) atoms. The van der Waals surface area contributed by atoms with E-state index in [9.17, 15) is 116 Å². The third-order valence-electron chi connectivity index (χ3n) is 23.1. The van der Waals surface area contributed by atoms with Crippen LogP contribution in [0.1, 0.15) is 171 Å². The minimum Gasteiger partial charge on any atom is -0.508 e. The number of benzene rings is 3. The van der Waals surface area contributed by atoms with Crippen LogP contribution in [0.2, 0.25) is 0 Å². The van der Waals surface area contributed by atoms with Gasteiger partial charge >= 0.3 is 0 Å². The Balaban J connectivity index is 1.35. The molecule has 1 aliphatic rings. The number of primary amides is 4. The first-order valence-electron chi connectivity index (χ1n) is 47.4. The van der Waals surface area contributed by atoms with Gasteiger partial charge in [-0.3, -0.25) is 106 Å². The maximum Gasteiger partial charge on any atom is 0.253 e. The Hall–Kier alpha value is -14.9. The van der Waals surface area contributed by atoms with E-state index in [-0.39, 0.29) is 120 Å². The number of amides is 20. The molecular weight excluding hydrogens is 1880 g/mol. The maximum atomic E-state index is 14.9. The molecule has 17 atom stereocenters. The van der Waals surface area contributed by atoms with Crippen LogP contribution in [0.25, 0.3) is 0 Å². The fraction of sp³-hybridized carbons (Fsp3) is 0.532. The number of nitrogens with zero attached hydrogens (tertiary/aromatic N) is 2. The van der Waals surface area contributed by atoms with Crippen molar-refractivity contribution in [3.8, 4) is 5.75 Å². The van der Waals surface area contributed by atoms with Gasteiger partial charge in [-0.15, -0.1) is 0 Å². The number of aromatic nitrogens is 1. The van der Waals surface area contributed by atoms with E-state index in [1.165, 1.54) is 74.5 Å². The minimum absolute atomic E-state index is 0.0445. The van der Waals surface area contributed by atoms with Crippen LogP contribution < -0.4 is 125 Å². The van der Waals surface area contributed by atoms with Gasteiger partial charge in [0.25, 0.3) is 5.91 Å². The zero-order chi connectivity index (χ0) is 107. The van der Waals surface area contributed by atoms with Crippen molar-refractivity contribution in [2.24, 2.45) is 52.0 Å². The first-order valence-corrected chi connectivity index (χ1v) is 47.4. The molecule has 0 aliphatic carbocycles. The molecule has 35 N–H and O–H groups in total. The lowest BCUT2D eigenvalue weighted by atomic mass is 10.00. The second kappa shape index (κ2) is 61.7. The molecule has 50 heteroatoms. The molecule has 0 saturated carbocycles. The van der Waals surface area contributed by atoms with E-state index in [1.807, 2.05) is 0 Å². The summed E-state index contributed by atoms with van der Waals surface area (Å²) in [6.45, 7) is 6.80. The number of phenols is 1. The van der Waals surface area contributed by atoms with Crippen LogP contribution in [0.3, 0.4) is 0 Å². The molecule has 3 aromatic carbocycles. The van der Waals surface area contributed by atoms with Crippen LogP contribution in [0, 0.1) is 17.2 Å². The molecule has 1 aliphatic heterocycles. The summed E-state index contributed by atoms with van der Waals surface area (Å²) in [5, 5.41) is 90.1. The van der Waals surface area contributed by atoms with Gasteiger partial charge in [0.1, 0.15) is 102 Å². The van der Waals surface area contributed by atoms with E-state index in [0.717, 1.165) is 6.92 Å². The molecule has 0 spiro atoms. The number of aromatic hydroxyl groups is 1. The second-order valence-electron chi connectivity index (χ2n) is 35.7. The highest BCUT2D eigenvalue weighted by molar-refractivity contribution is 6.03. The highest BCUT2D eigenvalue weighted by Crippen LogP contribution is 2.21. The first kappa shape index (κ1) is 120. The molecule has 1 fully saturated rings. The van der Waals surface area contributed by atoms with Crippen LogP contribution in [-0.2, 0) is 110 Å². The average molecular weight is 2020 g/mol. The number of hydrogen-bond acceptors (Lipinski definition) is 28. The number of phenolic OH excluding ortho intramolecular Hbond substituents is 1. The lowest BCUT2D eigenvalue weighted by Gasteiger charge is -2.29. The number of carbonyl (C=O) groups is 20. The summed E-state index contributed by atoms with van der Waals surface area (Å²) >= 11 is 0. The van der Waals surface area contributed by atoms with Gasteiger partial charge in [-0.1, -0.05) is 100 Å². The summed E-state index contributed by atoms with van der Waals surface area (Å²) in [7, 11) is 0. The number of aliphatic hydroxyl groups is 3. The largest absolute Gasteiger partial charge is 0.508 e. The van der Waals surface area contributed by atoms with E-state index < -0.39 is 278 Å². The highest BCUT2D eigenvalue weighted by Gasteiger charge is 2.42. The maximum absolute atomic E-state index is 14.9. The number of rotatable bonds is 64. The normalized spacial score (nSPS) is 15.5. The van der Waals surface area contributed by atoms with Crippen molar-refractivity contribution in [3.63, 3.8) is 0 Å². The number of hydrogen-bond donors (Lipinski definition) is 28. The number of pyridine rings is 1. The Bertz CT molecular complexity index is 5010. The Morgan fingerprint density at radius 3 is 1.21 bits per heavy atom. The Kier molecular flexibility index (Phi) is 51.2. The van der Waals surface area contributed by atoms with E-state index in [1.54, 1.807) is 74.5 Å². The summed E-state index contributed by atoms with van der Waals surface area (Å²) in [6, 6.07) is -1.24. The smallest absolute Gasteiger partial charge is 0.253 e. The third-order valence-corrected chi connectivity index (χ3v) is 23.1. The van der Waals surface area contributed by atoms with Gasteiger partial charge in [-0.05, 0) is 163 Å². The molecule has 0 radical (unpaired) electrons. The fourth-order valence-electron chi connectivity index (χ4n) is 15.2. The second-order valence-corrected chi connectivity index (χ2v) is 35.7. The lowest BCUT2D eigenvalue weighted by molar-refractivity contribution is -0.140. The summed E-state index contributed by atoms with van der Waals surface area (Å²) in [5.74, 6) is -22.6. The summed E-state index contributed by atoms with van der Waals surface area (Å²) in [4.78, 5) is 285. The fourth-order valence-corrected chi connectivity index (χ4v) is 15.2. The number of aliphatic hydroxyl groups excluding tert-OH is 3. The number of likely N-dealkylation sites (tertiary alicyclic amines) is 1. The van der Waals surface area contributed by atoms with Crippen LogP contribution in [0.4, 0.5) is 0 Å².